The molecule has 0 unspecified atom stereocenters. The van der Waals surface area contributed by atoms with Crippen molar-refractivity contribution in [3.05, 3.63) is 16.3 Å². The Kier molecular flexibility index (Phi) is 2.20. The smallest absolute Gasteiger partial charge is 0.181 e. The van der Waals surface area contributed by atoms with E-state index < -0.39 is 0 Å². The maximum atomic E-state index is 12.9. The van der Waals surface area contributed by atoms with E-state index in [0.29, 0.717) is 11.5 Å². The molecule has 4 saturated carbocycles. The van der Waals surface area contributed by atoms with E-state index in [-0.39, 0.29) is 5.41 Å². The number of Topliss-reactive ketones (excluding diaryl/α,β-unsaturated/α-hetero) is 1. The molecule has 3 heteroatoms. The molecule has 4 aliphatic rings. The number of anilines is 1. The molecule has 0 aromatic carbocycles. The number of hydrogen-bond acceptors (Lipinski definition) is 3. The number of thiophene rings is 1. The van der Waals surface area contributed by atoms with Gasteiger partial charge < -0.3 is 5.73 Å². The fraction of sp³-hybridized carbons (Fsp3) is 0.667. The molecule has 0 spiro atoms. The van der Waals surface area contributed by atoms with Gasteiger partial charge in [0.05, 0.1) is 10.6 Å². The van der Waals surface area contributed by atoms with Crippen LogP contribution in [0.15, 0.2) is 11.4 Å². The zero-order valence-electron chi connectivity index (χ0n) is 10.5. The predicted octanol–water partition coefficient (Wildman–Crippen LogP) is 3.73. The van der Waals surface area contributed by atoms with Gasteiger partial charge in [-0.25, -0.2) is 0 Å². The largest absolute Gasteiger partial charge is 0.397 e. The fourth-order valence-corrected chi connectivity index (χ4v) is 6.01. The standard InChI is InChI=1S/C15H19NOS/c16-12-1-2-18-13(12)14(17)15-6-9-3-10(7-15)5-11(4-9)8-15/h1-2,9-11H,3-8,16H2. The molecule has 2 nitrogen and oxygen atoms in total. The van der Waals surface area contributed by atoms with Crippen molar-refractivity contribution in [2.75, 3.05) is 5.73 Å². The summed E-state index contributed by atoms with van der Waals surface area (Å²) in [6.07, 6.45) is 7.55. The van der Waals surface area contributed by atoms with Gasteiger partial charge in [0.25, 0.3) is 0 Å². The third kappa shape index (κ3) is 1.43. The van der Waals surface area contributed by atoms with Crippen LogP contribution >= 0.6 is 11.3 Å². The Bertz CT molecular complexity index is 469. The minimum Gasteiger partial charge on any atom is -0.397 e. The topological polar surface area (TPSA) is 43.1 Å². The van der Waals surface area contributed by atoms with Crippen molar-refractivity contribution in [1.29, 1.82) is 0 Å². The lowest BCUT2D eigenvalue weighted by Gasteiger charge is -2.55. The van der Waals surface area contributed by atoms with E-state index >= 15 is 0 Å². The molecule has 0 amide bonds. The minimum absolute atomic E-state index is 0.0340. The molecule has 1 heterocycles. The van der Waals surface area contributed by atoms with Crippen LogP contribution in [-0.2, 0) is 0 Å². The van der Waals surface area contributed by atoms with Crippen molar-refractivity contribution < 1.29 is 4.79 Å². The second-order valence-electron chi connectivity index (χ2n) is 6.73. The summed E-state index contributed by atoms with van der Waals surface area (Å²) in [5.41, 5.74) is 6.61. The molecule has 4 bridgehead atoms. The predicted molar refractivity (Wildman–Crippen MR) is 73.7 cm³/mol. The molecule has 0 radical (unpaired) electrons. The van der Waals surface area contributed by atoms with Crippen LogP contribution in [0.3, 0.4) is 0 Å². The number of hydrogen-bond donors (Lipinski definition) is 1. The van der Waals surface area contributed by atoms with Gasteiger partial charge in [-0.05, 0) is 67.7 Å². The fourth-order valence-electron chi connectivity index (χ4n) is 5.13. The first-order valence-electron chi connectivity index (χ1n) is 7.04. The molecule has 0 aliphatic heterocycles. The van der Waals surface area contributed by atoms with Crippen molar-refractivity contribution in [2.45, 2.75) is 38.5 Å². The van der Waals surface area contributed by atoms with Gasteiger partial charge in [-0.15, -0.1) is 11.3 Å². The van der Waals surface area contributed by atoms with Crippen molar-refractivity contribution in [1.82, 2.24) is 0 Å². The molecule has 5 rings (SSSR count). The van der Waals surface area contributed by atoms with Crippen LogP contribution in [-0.4, -0.2) is 5.78 Å². The van der Waals surface area contributed by atoms with E-state index in [4.69, 9.17) is 5.73 Å². The van der Waals surface area contributed by atoms with Gasteiger partial charge in [-0.1, -0.05) is 0 Å². The molecule has 18 heavy (non-hydrogen) atoms. The van der Waals surface area contributed by atoms with Crippen molar-refractivity contribution in [3.63, 3.8) is 0 Å². The van der Waals surface area contributed by atoms with E-state index in [1.807, 2.05) is 11.4 Å². The molecule has 4 aliphatic carbocycles. The van der Waals surface area contributed by atoms with E-state index in [9.17, 15) is 4.79 Å². The summed E-state index contributed by atoms with van der Waals surface area (Å²) >= 11 is 1.53. The van der Waals surface area contributed by atoms with Crippen LogP contribution in [0.25, 0.3) is 0 Å². The van der Waals surface area contributed by atoms with E-state index in [0.717, 1.165) is 41.9 Å². The van der Waals surface area contributed by atoms with E-state index in [1.54, 1.807) is 0 Å². The Balaban J connectivity index is 1.72. The van der Waals surface area contributed by atoms with Crippen LogP contribution < -0.4 is 5.73 Å². The second-order valence-corrected chi connectivity index (χ2v) is 7.65. The quantitative estimate of drug-likeness (QED) is 0.824. The molecule has 0 atom stereocenters. The molecule has 2 N–H and O–H groups in total. The van der Waals surface area contributed by atoms with Crippen LogP contribution in [0, 0.1) is 23.2 Å². The monoisotopic (exact) mass is 261 g/mol. The summed E-state index contributed by atoms with van der Waals surface area (Å²) in [5, 5.41) is 1.95. The average Bonchev–Trinajstić information content (AvgIpc) is 2.72. The number of rotatable bonds is 2. The van der Waals surface area contributed by atoms with E-state index in [2.05, 4.69) is 0 Å². The molecule has 1 aromatic heterocycles. The number of ketones is 1. The molecule has 96 valence electrons. The first kappa shape index (κ1) is 11.0. The number of carbonyl (C=O) groups is 1. The molecule has 1 aromatic rings. The van der Waals surface area contributed by atoms with Crippen molar-refractivity contribution in [2.24, 2.45) is 23.2 Å². The maximum absolute atomic E-state index is 12.9. The summed E-state index contributed by atoms with van der Waals surface area (Å²) in [6, 6.07) is 1.87. The summed E-state index contributed by atoms with van der Waals surface area (Å²) < 4.78 is 0. The maximum Gasteiger partial charge on any atom is 0.181 e. The number of nitrogens with two attached hydrogens (primary N) is 1. The second kappa shape index (κ2) is 3.60. The molecular formula is C15H19NOS. The first-order chi connectivity index (χ1) is 8.66. The van der Waals surface area contributed by atoms with E-state index in [1.165, 1.54) is 30.6 Å². The summed E-state index contributed by atoms with van der Waals surface area (Å²) in [7, 11) is 0. The highest BCUT2D eigenvalue weighted by Gasteiger charge is 2.54. The highest BCUT2D eigenvalue weighted by molar-refractivity contribution is 7.12. The number of carbonyl (C=O) groups excluding carboxylic acids is 1. The third-order valence-electron chi connectivity index (χ3n) is 5.42. The van der Waals surface area contributed by atoms with Gasteiger partial charge in [0.15, 0.2) is 5.78 Å². The molecular weight excluding hydrogens is 242 g/mol. The first-order valence-corrected chi connectivity index (χ1v) is 7.92. The average molecular weight is 261 g/mol. The van der Waals surface area contributed by atoms with Crippen molar-refractivity contribution in [3.8, 4) is 0 Å². The Morgan fingerprint density at radius 1 is 1.17 bits per heavy atom. The Labute approximate surface area is 112 Å². The minimum atomic E-state index is -0.0340. The van der Waals surface area contributed by atoms with Gasteiger partial charge in [-0.2, -0.15) is 0 Å². The van der Waals surface area contributed by atoms with Gasteiger partial charge in [0, 0.05) is 5.41 Å². The van der Waals surface area contributed by atoms with Crippen LogP contribution in [0.4, 0.5) is 5.69 Å². The molecule has 0 saturated heterocycles. The van der Waals surface area contributed by atoms with Gasteiger partial charge in [-0.3, -0.25) is 4.79 Å². The highest BCUT2D eigenvalue weighted by Crippen LogP contribution is 2.61. The Morgan fingerprint density at radius 3 is 2.17 bits per heavy atom. The summed E-state index contributed by atoms with van der Waals surface area (Å²) in [5.74, 6) is 2.83. The zero-order valence-corrected chi connectivity index (χ0v) is 11.3. The normalized spacial score (nSPS) is 41.2. The summed E-state index contributed by atoms with van der Waals surface area (Å²) in [4.78, 5) is 13.7. The van der Waals surface area contributed by atoms with Gasteiger partial charge in [0.1, 0.15) is 0 Å². The Hall–Kier alpha value is -0.830. The number of nitrogen functional groups attached to an aromatic ring is 1. The molecule has 4 fully saturated rings. The lowest BCUT2D eigenvalue weighted by atomic mass is 9.48. The lowest BCUT2D eigenvalue weighted by molar-refractivity contribution is -0.0350. The van der Waals surface area contributed by atoms with Crippen molar-refractivity contribution >= 4 is 22.8 Å². The van der Waals surface area contributed by atoms with Crippen LogP contribution in [0.5, 0.6) is 0 Å². The van der Waals surface area contributed by atoms with Gasteiger partial charge >= 0.3 is 0 Å². The zero-order chi connectivity index (χ0) is 12.3. The highest BCUT2D eigenvalue weighted by atomic mass is 32.1. The lowest BCUT2D eigenvalue weighted by Crippen LogP contribution is -2.49. The third-order valence-corrected chi connectivity index (χ3v) is 6.35. The van der Waals surface area contributed by atoms with Crippen LogP contribution in [0.1, 0.15) is 48.2 Å². The summed E-state index contributed by atoms with van der Waals surface area (Å²) in [6.45, 7) is 0. The van der Waals surface area contributed by atoms with Crippen LogP contribution in [0.2, 0.25) is 0 Å². The Morgan fingerprint density at radius 2 is 1.72 bits per heavy atom. The van der Waals surface area contributed by atoms with Gasteiger partial charge in [0.2, 0.25) is 0 Å². The SMILES string of the molecule is Nc1ccsc1C(=O)C12CC3CC(CC(C3)C1)C2.